The molecule has 0 saturated carbocycles. The van der Waals surface area contributed by atoms with E-state index in [1.807, 2.05) is 48.7 Å². The number of rotatable bonds is 6. The lowest BCUT2D eigenvalue weighted by Gasteiger charge is -2.24. The Hall–Kier alpha value is -2.37. The van der Waals surface area contributed by atoms with Crippen LogP contribution in [0.3, 0.4) is 0 Å². The van der Waals surface area contributed by atoms with Crippen molar-refractivity contribution in [2.45, 2.75) is 6.54 Å². The number of benzene rings is 2. The van der Waals surface area contributed by atoms with E-state index in [-0.39, 0.29) is 0 Å². The molecular weight excluding hydrogens is 302 g/mol. The fraction of sp³-hybridized carbons (Fsp3) is 0.316. The second kappa shape index (κ2) is 8.47. The number of methoxy groups -OCH3 is 1. The molecule has 0 aromatic heterocycles. The third-order valence-corrected chi connectivity index (χ3v) is 4.13. The highest BCUT2D eigenvalue weighted by molar-refractivity contribution is 5.81. The number of morpholine rings is 1. The molecule has 126 valence electrons. The number of ether oxygens (including phenoxy) is 2. The molecule has 0 bridgehead atoms. The quantitative estimate of drug-likeness (QED) is 0.626. The molecule has 2 N–H and O–H groups in total. The molecular formula is C19H24N3O2+. The lowest BCUT2D eigenvalue weighted by Crippen LogP contribution is -3.12. The highest BCUT2D eigenvalue weighted by Crippen LogP contribution is 2.18. The van der Waals surface area contributed by atoms with Gasteiger partial charge in [-0.25, -0.2) is 0 Å². The summed E-state index contributed by atoms with van der Waals surface area (Å²) in [6.07, 6.45) is 1.84. The van der Waals surface area contributed by atoms with Crippen LogP contribution in [0.1, 0.15) is 11.1 Å². The Balaban J connectivity index is 1.68. The molecule has 0 radical (unpaired) electrons. The second-order valence-electron chi connectivity index (χ2n) is 5.85. The highest BCUT2D eigenvalue weighted by Gasteiger charge is 2.16. The summed E-state index contributed by atoms with van der Waals surface area (Å²) >= 11 is 0. The number of nitrogens with one attached hydrogen (secondary N) is 2. The average Bonchev–Trinajstić information content (AvgIpc) is 2.64. The largest absolute Gasteiger partial charge is 0.496 e. The fourth-order valence-electron chi connectivity index (χ4n) is 2.82. The van der Waals surface area contributed by atoms with Gasteiger partial charge in [-0.1, -0.05) is 18.2 Å². The molecule has 0 atom stereocenters. The minimum absolute atomic E-state index is 0.833. The number of nitrogens with zero attached hydrogens (tertiary/aromatic N) is 1. The number of para-hydroxylation sites is 1. The van der Waals surface area contributed by atoms with Crippen molar-refractivity contribution in [3.8, 4) is 5.75 Å². The van der Waals surface area contributed by atoms with Crippen LogP contribution in [-0.4, -0.2) is 39.6 Å². The van der Waals surface area contributed by atoms with Gasteiger partial charge in [-0.15, -0.1) is 0 Å². The highest BCUT2D eigenvalue weighted by atomic mass is 16.5. The fourth-order valence-corrected chi connectivity index (χ4v) is 2.82. The van der Waals surface area contributed by atoms with Crippen molar-refractivity contribution in [2.75, 3.05) is 38.8 Å². The molecule has 1 heterocycles. The van der Waals surface area contributed by atoms with Gasteiger partial charge in [0.2, 0.25) is 0 Å². The first kappa shape index (κ1) is 16.5. The molecule has 3 rings (SSSR count). The van der Waals surface area contributed by atoms with Crippen molar-refractivity contribution in [1.29, 1.82) is 0 Å². The maximum atomic E-state index is 5.51. The Morgan fingerprint density at radius 2 is 1.96 bits per heavy atom. The van der Waals surface area contributed by atoms with Crippen LogP contribution in [0, 0.1) is 0 Å². The van der Waals surface area contributed by atoms with Crippen molar-refractivity contribution in [2.24, 2.45) is 5.10 Å². The van der Waals surface area contributed by atoms with E-state index in [1.165, 1.54) is 10.5 Å². The van der Waals surface area contributed by atoms with Crippen LogP contribution in [0.15, 0.2) is 53.6 Å². The zero-order valence-corrected chi connectivity index (χ0v) is 14.0. The van der Waals surface area contributed by atoms with Gasteiger partial charge in [0.25, 0.3) is 0 Å². The summed E-state index contributed by atoms with van der Waals surface area (Å²) < 4.78 is 10.9. The monoisotopic (exact) mass is 326 g/mol. The smallest absolute Gasteiger partial charge is 0.127 e. The second-order valence-corrected chi connectivity index (χ2v) is 5.85. The third-order valence-electron chi connectivity index (χ3n) is 4.13. The molecule has 5 heteroatoms. The maximum absolute atomic E-state index is 5.51. The zero-order valence-electron chi connectivity index (χ0n) is 14.0. The SMILES string of the molecule is COc1ccc(/C=N\Nc2ccccc2)cc1C[NH+]1CCOCC1. The van der Waals surface area contributed by atoms with Gasteiger partial charge in [-0.3, -0.25) is 5.43 Å². The molecule has 1 aliphatic heterocycles. The summed E-state index contributed by atoms with van der Waals surface area (Å²) in [4.78, 5) is 1.52. The molecule has 2 aromatic rings. The Kier molecular flexibility index (Phi) is 5.82. The predicted molar refractivity (Wildman–Crippen MR) is 95.9 cm³/mol. The molecule has 24 heavy (non-hydrogen) atoms. The van der Waals surface area contributed by atoms with E-state index in [0.29, 0.717) is 0 Å². The molecule has 0 unspecified atom stereocenters. The van der Waals surface area contributed by atoms with Crippen molar-refractivity contribution in [3.63, 3.8) is 0 Å². The normalized spacial score (nSPS) is 15.5. The lowest BCUT2D eigenvalue weighted by molar-refractivity contribution is -0.921. The number of quaternary nitrogens is 1. The molecule has 5 nitrogen and oxygen atoms in total. The molecule has 1 fully saturated rings. The topological polar surface area (TPSA) is 47.3 Å². The molecule has 0 amide bonds. The zero-order chi connectivity index (χ0) is 16.6. The van der Waals surface area contributed by atoms with Crippen LogP contribution >= 0.6 is 0 Å². The minimum atomic E-state index is 0.833. The van der Waals surface area contributed by atoms with Gasteiger partial charge in [0.1, 0.15) is 25.4 Å². The van der Waals surface area contributed by atoms with Crippen LogP contribution < -0.4 is 15.1 Å². The molecule has 0 aliphatic carbocycles. The molecule has 1 saturated heterocycles. The summed E-state index contributed by atoms with van der Waals surface area (Å²) in [5.74, 6) is 0.933. The van der Waals surface area contributed by atoms with E-state index in [1.54, 1.807) is 7.11 Å². The summed E-state index contributed by atoms with van der Waals surface area (Å²) in [6, 6.07) is 16.1. The summed E-state index contributed by atoms with van der Waals surface area (Å²) in [5, 5.41) is 4.31. The van der Waals surface area contributed by atoms with E-state index in [9.17, 15) is 0 Å². The predicted octanol–water partition coefficient (Wildman–Crippen LogP) is 1.56. The van der Waals surface area contributed by atoms with E-state index in [4.69, 9.17) is 9.47 Å². The summed E-state index contributed by atoms with van der Waals surface area (Å²) in [6.45, 7) is 4.69. The first-order chi connectivity index (χ1) is 11.8. The van der Waals surface area contributed by atoms with Gasteiger partial charge in [-0.2, -0.15) is 5.10 Å². The van der Waals surface area contributed by atoms with Crippen LogP contribution in [0.2, 0.25) is 0 Å². The third kappa shape index (κ3) is 4.57. The Labute approximate surface area is 142 Å². The van der Waals surface area contributed by atoms with Crippen molar-refractivity contribution >= 4 is 11.9 Å². The molecule has 0 spiro atoms. The first-order valence-electron chi connectivity index (χ1n) is 8.27. The van der Waals surface area contributed by atoms with Crippen LogP contribution in [0.4, 0.5) is 5.69 Å². The van der Waals surface area contributed by atoms with Gasteiger partial charge < -0.3 is 14.4 Å². The van der Waals surface area contributed by atoms with Crippen molar-refractivity contribution < 1.29 is 14.4 Å². The van der Waals surface area contributed by atoms with E-state index in [0.717, 1.165) is 49.8 Å². The van der Waals surface area contributed by atoms with Gasteiger partial charge in [0.15, 0.2) is 0 Å². The van der Waals surface area contributed by atoms with E-state index in [2.05, 4.69) is 16.6 Å². The summed E-state index contributed by atoms with van der Waals surface area (Å²) in [5.41, 5.74) is 6.28. The van der Waals surface area contributed by atoms with Crippen LogP contribution in [-0.2, 0) is 11.3 Å². The number of anilines is 1. The number of hydrazone groups is 1. The van der Waals surface area contributed by atoms with Gasteiger partial charge in [0.05, 0.1) is 32.2 Å². The van der Waals surface area contributed by atoms with Crippen LogP contribution in [0.25, 0.3) is 0 Å². The maximum Gasteiger partial charge on any atom is 0.127 e. The van der Waals surface area contributed by atoms with Crippen molar-refractivity contribution in [1.82, 2.24) is 0 Å². The Morgan fingerprint density at radius 3 is 2.71 bits per heavy atom. The summed E-state index contributed by atoms with van der Waals surface area (Å²) in [7, 11) is 1.72. The minimum Gasteiger partial charge on any atom is -0.496 e. The van der Waals surface area contributed by atoms with Crippen molar-refractivity contribution in [3.05, 3.63) is 59.7 Å². The lowest BCUT2D eigenvalue weighted by atomic mass is 10.1. The van der Waals surface area contributed by atoms with Gasteiger partial charge >= 0.3 is 0 Å². The van der Waals surface area contributed by atoms with Gasteiger partial charge in [0, 0.05) is 5.56 Å². The van der Waals surface area contributed by atoms with E-state index >= 15 is 0 Å². The average molecular weight is 326 g/mol. The molecule has 2 aromatic carbocycles. The van der Waals surface area contributed by atoms with Gasteiger partial charge in [-0.05, 0) is 35.9 Å². The van der Waals surface area contributed by atoms with E-state index < -0.39 is 0 Å². The standard InChI is InChI=1S/C19H23N3O2/c1-23-19-8-7-16(14-20-21-18-5-3-2-4-6-18)13-17(19)15-22-9-11-24-12-10-22/h2-8,13-14,21H,9-12,15H2,1H3/p+1/b20-14-. The molecule has 1 aliphatic rings. The Morgan fingerprint density at radius 1 is 1.17 bits per heavy atom. The Bertz CT molecular complexity index is 668. The number of hydrogen-bond acceptors (Lipinski definition) is 4. The first-order valence-corrected chi connectivity index (χ1v) is 8.27. The van der Waals surface area contributed by atoms with Crippen LogP contribution in [0.5, 0.6) is 5.75 Å². The number of hydrogen-bond donors (Lipinski definition) is 2.